The summed E-state index contributed by atoms with van der Waals surface area (Å²) in [6, 6.07) is 8.11. The average molecular weight is 275 g/mol. The lowest BCUT2D eigenvalue weighted by Crippen LogP contribution is -2.34. The predicted octanol–water partition coefficient (Wildman–Crippen LogP) is 1.78. The van der Waals surface area contributed by atoms with Crippen LogP contribution in [0.25, 0.3) is 0 Å². The van der Waals surface area contributed by atoms with Gasteiger partial charge in [0.2, 0.25) is 0 Å². The van der Waals surface area contributed by atoms with Crippen LogP contribution in [0.4, 0.5) is 5.69 Å². The highest BCUT2D eigenvalue weighted by molar-refractivity contribution is 14.1. The van der Waals surface area contributed by atoms with Crippen LogP contribution in [0, 0.1) is 0 Å². The second kappa shape index (κ2) is 3.22. The van der Waals surface area contributed by atoms with Crippen molar-refractivity contribution in [3.8, 4) is 0 Å². The van der Waals surface area contributed by atoms with Gasteiger partial charge in [0, 0.05) is 12.1 Å². The van der Waals surface area contributed by atoms with E-state index in [0.29, 0.717) is 0 Å². The van der Waals surface area contributed by atoms with E-state index < -0.39 is 0 Å². The van der Waals surface area contributed by atoms with Gasteiger partial charge in [-0.3, -0.25) is 0 Å². The summed E-state index contributed by atoms with van der Waals surface area (Å²) < 4.78 is 0.137. The lowest BCUT2D eigenvalue weighted by Gasteiger charge is -2.27. The zero-order valence-electron chi connectivity index (χ0n) is 6.50. The molecule has 0 aromatic heterocycles. The molecule has 2 atom stereocenters. The Morgan fingerprint density at radius 3 is 3.00 bits per heavy atom. The molecule has 2 nitrogen and oxygen atoms in total. The maximum absolute atomic E-state index is 9.55. The highest BCUT2D eigenvalue weighted by Gasteiger charge is 2.22. The molecule has 2 unspecified atom stereocenters. The van der Waals surface area contributed by atoms with Gasteiger partial charge in [-0.05, 0) is 11.6 Å². The van der Waals surface area contributed by atoms with E-state index in [0.717, 1.165) is 12.1 Å². The molecule has 0 amide bonds. The van der Waals surface area contributed by atoms with Gasteiger partial charge >= 0.3 is 0 Å². The molecule has 2 N–H and O–H groups in total. The summed E-state index contributed by atoms with van der Waals surface area (Å²) in [6.45, 7) is 0. The van der Waals surface area contributed by atoms with Crippen LogP contribution in [-0.4, -0.2) is 15.3 Å². The summed E-state index contributed by atoms with van der Waals surface area (Å²) in [4.78, 5) is 0. The van der Waals surface area contributed by atoms with Crippen LogP contribution in [0.3, 0.4) is 0 Å². The number of aliphatic hydroxyl groups is 1. The summed E-state index contributed by atoms with van der Waals surface area (Å²) in [5.74, 6) is 0. The number of alkyl halides is 1. The van der Waals surface area contributed by atoms with E-state index in [1.54, 1.807) is 0 Å². The molecule has 0 saturated carbocycles. The number of rotatable bonds is 0. The Bertz CT molecular complexity index is 261. The van der Waals surface area contributed by atoms with Gasteiger partial charge in [0.1, 0.15) is 4.05 Å². The van der Waals surface area contributed by atoms with E-state index in [-0.39, 0.29) is 10.2 Å². The molecule has 1 aliphatic rings. The van der Waals surface area contributed by atoms with Crippen LogP contribution < -0.4 is 5.32 Å². The molecule has 64 valence electrons. The highest BCUT2D eigenvalue weighted by atomic mass is 127. The molecule has 1 aromatic carbocycles. The van der Waals surface area contributed by atoms with Crippen LogP contribution in [0.5, 0.6) is 0 Å². The van der Waals surface area contributed by atoms with Gasteiger partial charge in [0.15, 0.2) is 0 Å². The number of hydrogen-bond acceptors (Lipinski definition) is 2. The van der Waals surface area contributed by atoms with Crippen molar-refractivity contribution in [2.45, 2.75) is 16.6 Å². The Hall–Kier alpha value is -0.290. The van der Waals surface area contributed by atoms with E-state index in [4.69, 9.17) is 0 Å². The normalized spacial score (nSPS) is 27.5. The van der Waals surface area contributed by atoms with Crippen molar-refractivity contribution >= 4 is 28.3 Å². The SMILES string of the molecule is OC1Cc2ccccc2NC1I. The molecular formula is C9H10INO. The molecule has 12 heavy (non-hydrogen) atoms. The minimum absolute atomic E-state index is 0.137. The molecule has 3 heteroatoms. The molecule has 0 fully saturated rings. The van der Waals surface area contributed by atoms with Gasteiger partial charge in [-0.15, -0.1) is 0 Å². The molecule has 2 rings (SSSR count). The molecule has 0 bridgehead atoms. The molecule has 0 aliphatic carbocycles. The second-order valence-corrected chi connectivity index (χ2v) is 4.32. The Kier molecular flexibility index (Phi) is 2.23. The predicted molar refractivity (Wildman–Crippen MR) is 57.6 cm³/mol. The smallest absolute Gasteiger partial charge is 0.105 e. The number of para-hydroxylation sites is 1. The highest BCUT2D eigenvalue weighted by Crippen LogP contribution is 2.26. The Morgan fingerprint density at radius 2 is 2.17 bits per heavy atom. The van der Waals surface area contributed by atoms with Crippen molar-refractivity contribution in [1.29, 1.82) is 0 Å². The maximum Gasteiger partial charge on any atom is 0.105 e. The van der Waals surface area contributed by atoms with Crippen molar-refractivity contribution in [1.82, 2.24) is 0 Å². The molecule has 1 aliphatic heterocycles. The topological polar surface area (TPSA) is 32.3 Å². The Labute approximate surface area is 85.1 Å². The van der Waals surface area contributed by atoms with Crippen LogP contribution in [-0.2, 0) is 6.42 Å². The third-order valence-electron chi connectivity index (χ3n) is 2.08. The minimum Gasteiger partial charge on any atom is -0.390 e. The van der Waals surface area contributed by atoms with Gasteiger partial charge in [-0.25, -0.2) is 0 Å². The molecule has 1 aromatic rings. The largest absolute Gasteiger partial charge is 0.390 e. The fraction of sp³-hybridized carbons (Fsp3) is 0.333. The number of halogens is 1. The molecule has 0 spiro atoms. The summed E-state index contributed by atoms with van der Waals surface area (Å²) in [5.41, 5.74) is 2.36. The van der Waals surface area contributed by atoms with E-state index in [1.807, 2.05) is 24.3 Å². The number of hydrogen-bond donors (Lipinski definition) is 2. The van der Waals surface area contributed by atoms with Crippen LogP contribution in [0.2, 0.25) is 0 Å². The zero-order chi connectivity index (χ0) is 8.55. The molecule has 0 radical (unpaired) electrons. The Morgan fingerprint density at radius 1 is 1.42 bits per heavy atom. The summed E-state index contributed by atoms with van der Waals surface area (Å²) in [6.07, 6.45) is 0.497. The lowest BCUT2D eigenvalue weighted by molar-refractivity contribution is 0.179. The number of benzene rings is 1. The first-order chi connectivity index (χ1) is 5.77. The summed E-state index contributed by atoms with van der Waals surface area (Å²) in [5, 5.41) is 12.8. The average Bonchev–Trinajstić information content (AvgIpc) is 2.07. The first kappa shape index (κ1) is 8.31. The fourth-order valence-electron chi connectivity index (χ4n) is 1.41. The monoisotopic (exact) mass is 275 g/mol. The number of anilines is 1. The van der Waals surface area contributed by atoms with Crippen LogP contribution >= 0.6 is 22.6 Å². The van der Waals surface area contributed by atoms with Crippen LogP contribution in [0.1, 0.15) is 5.56 Å². The quantitative estimate of drug-likeness (QED) is 0.430. The van der Waals surface area contributed by atoms with Crippen LogP contribution in [0.15, 0.2) is 24.3 Å². The first-order valence-corrected chi connectivity index (χ1v) is 5.18. The fourth-order valence-corrected chi connectivity index (χ4v) is 2.00. The summed E-state index contributed by atoms with van der Waals surface area (Å²) in [7, 11) is 0. The standard InChI is InChI=1S/C9H10INO/c10-9-8(12)5-6-3-1-2-4-7(6)11-9/h1-4,8-9,11-12H,5H2. The summed E-state index contributed by atoms with van der Waals surface area (Å²) >= 11 is 2.22. The van der Waals surface area contributed by atoms with Gasteiger partial charge < -0.3 is 10.4 Å². The van der Waals surface area contributed by atoms with Crippen molar-refractivity contribution < 1.29 is 5.11 Å². The van der Waals surface area contributed by atoms with E-state index in [2.05, 4.69) is 27.9 Å². The lowest BCUT2D eigenvalue weighted by atomic mass is 10.0. The Balaban J connectivity index is 2.34. The number of nitrogens with one attached hydrogen (secondary N) is 1. The van der Waals surface area contributed by atoms with Crippen molar-refractivity contribution in [2.24, 2.45) is 0 Å². The van der Waals surface area contributed by atoms with Crippen molar-refractivity contribution in [3.05, 3.63) is 29.8 Å². The maximum atomic E-state index is 9.55. The zero-order valence-corrected chi connectivity index (χ0v) is 8.65. The molecular weight excluding hydrogens is 265 g/mol. The van der Waals surface area contributed by atoms with E-state index in [9.17, 15) is 5.11 Å². The van der Waals surface area contributed by atoms with Gasteiger partial charge in [0.05, 0.1) is 6.10 Å². The number of fused-ring (bicyclic) bond motifs is 1. The molecule has 1 heterocycles. The van der Waals surface area contributed by atoms with Crippen molar-refractivity contribution in [3.63, 3.8) is 0 Å². The van der Waals surface area contributed by atoms with Gasteiger partial charge in [0.25, 0.3) is 0 Å². The van der Waals surface area contributed by atoms with E-state index in [1.165, 1.54) is 5.56 Å². The third kappa shape index (κ3) is 1.43. The molecule has 0 saturated heterocycles. The minimum atomic E-state index is -0.263. The first-order valence-electron chi connectivity index (χ1n) is 3.94. The third-order valence-corrected chi connectivity index (χ3v) is 3.22. The number of aliphatic hydroxyl groups excluding tert-OH is 1. The van der Waals surface area contributed by atoms with Crippen molar-refractivity contribution in [2.75, 3.05) is 5.32 Å². The van der Waals surface area contributed by atoms with Gasteiger partial charge in [-0.1, -0.05) is 40.8 Å². The second-order valence-electron chi connectivity index (χ2n) is 2.97. The van der Waals surface area contributed by atoms with E-state index >= 15 is 0 Å². The van der Waals surface area contributed by atoms with Gasteiger partial charge in [-0.2, -0.15) is 0 Å².